The zero-order valence-corrected chi connectivity index (χ0v) is 12.8. The average Bonchev–Trinajstić information content (AvgIpc) is 3.11. The first kappa shape index (κ1) is 15.1. The Balaban J connectivity index is 1.70. The summed E-state index contributed by atoms with van der Waals surface area (Å²) in [6.45, 7) is 1.63. The van der Waals surface area contributed by atoms with E-state index in [1.165, 1.54) is 0 Å². The second kappa shape index (κ2) is 6.52. The van der Waals surface area contributed by atoms with E-state index in [-0.39, 0.29) is 11.8 Å². The van der Waals surface area contributed by atoms with Crippen LogP contribution >= 0.6 is 0 Å². The van der Waals surface area contributed by atoms with Crippen LogP contribution in [0.15, 0.2) is 48.5 Å². The fourth-order valence-electron chi connectivity index (χ4n) is 2.67. The first-order chi connectivity index (χ1) is 11.1. The average molecular weight is 309 g/mol. The van der Waals surface area contributed by atoms with Crippen LogP contribution < -0.4 is 11.1 Å². The maximum absolute atomic E-state index is 12.3. The van der Waals surface area contributed by atoms with Gasteiger partial charge in [-0.1, -0.05) is 12.1 Å². The smallest absolute Gasteiger partial charge is 0.255 e. The number of likely N-dealkylation sites (tertiary alicyclic amines) is 1. The van der Waals surface area contributed by atoms with Crippen molar-refractivity contribution in [3.05, 3.63) is 59.7 Å². The monoisotopic (exact) mass is 309 g/mol. The molecule has 2 amide bonds. The summed E-state index contributed by atoms with van der Waals surface area (Å²) >= 11 is 0. The molecule has 1 aliphatic rings. The molecule has 0 aromatic heterocycles. The van der Waals surface area contributed by atoms with E-state index in [2.05, 4.69) is 5.32 Å². The Morgan fingerprint density at radius 1 is 0.913 bits per heavy atom. The van der Waals surface area contributed by atoms with Gasteiger partial charge in [0.1, 0.15) is 0 Å². The molecule has 0 saturated carbocycles. The normalized spacial score (nSPS) is 13.8. The van der Waals surface area contributed by atoms with Crippen LogP contribution in [0, 0.1) is 0 Å². The van der Waals surface area contributed by atoms with Crippen LogP contribution in [0.25, 0.3) is 0 Å². The molecule has 5 heteroatoms. The molecule has 0 spiro atoms. The predicted molar refractivity (Wildman–Crippen MR) is 90.4 cm³/mol. The first-order valence-corrected chi connectivity index (χ1v) is 7.70. The summed E-state index contributed by atoms with van der Waals surface area (Å²) in [6, 6.07) is 13.8. The van der Waals surface area contributed by atoms with E-state index < -0.39 is 0 Å². The third-order valence-electron chi connectivity index (χ3n) is 4.00. The van der Waals surface area contributed by atoms with Crippen LogP contribution in [0.1, 0.15) is 33.6 Å². The number of nitrogens with one attached hydrogen (secondary N) is 1. The number of carbonyl (C=O) groups is 2. The van der Waals surface area contributed by atoms with Crippen LogP contribution in [-0.2, 0) is 0 Å². The molecule has 2 aromatic carbocycles. The van der Waals surface area contributed by atoms with E-state index in [0.717, 1.165) is 25.9 Å². The van der Waals surface area contributed by atoms with Gasteiger partial charge in [0, 0.05) is 24.2 Å². The topological polar surface area (TPSA) is 75.4 Å². The van der Waals surface area contributed by atoms with Crippen LogP contribution in [0.2, 0.25) is 0 Å². The van der Waals surface area contributed by atoms with Gasteiger partial charge < -0.3 is 16.0 Å². The molecule has 2 aromatic rings. The van der Waals surface area contributed by atoms with E-state index in [1.54, 1.807) is 36.4 Å². The molecule has 5 nitrogen and oxygen atoms in total. The van der Waals surface area contributed by atoms with Gasteiger partial charge in [-0.15, -0.1) is 0 Å². The summed E-state index contributed by atoms with van der Waals surface area (Å²) in [5.41, 5.74) is 8.02. The first-order valence-electron chi connectivity index (χ1n) is 7.70. The lowest BCUT2D eigenvalue weighted by Crippen LogP contribution is -2.27. The highest BCUT2D eigenvalue weighted by Gasteiger charge is 2.19. The summed E-state index contributed by atoms with van der Waals surface area (Å²) in [5, 5.41) is 2.77. The Hall–Kier alpha value is -2.82. The summed E-state index contributed by atoms with van der Waals surface area (Å²) in [5.74, 6) is -0.218. The van der Waals surface area contributed by atoms with Crippen molar-refractivity contribution in [2.45, 2.75) is 12.8 Å². The van der Waals surface area contributed by atoms with Crippen molar-refractivity contribution in [2.24, 2.45) is 0 Å². The van der Waals surface area contributed by atoms with E-state index in [0.29, 0.717) is 22.5 Å². The molecule has 118 valence electrons. The minimum absolute atomic E-state index is 0.0294. The lowest BCUT2D eigenvalue weighted by molar-refractivity contribution is 0.0792. The molecule has 0 aliphatic carbocycles. The minimum atomic E-state index is -0.247. The number of benzene rings is 2. The van der Waals surface area contributed by atoms with Crippen molar-refractivity contribution in [1.82, 2.24) is 4.90 Å². The molecule has 0 atom stereocenters. The summed E-state index contributed by atoms with van der Waals surface area (Å²) in [6.07, 6.45) is 2.12. The molecule has 1 fully saturated rings. The molecule has 3 rings (SSSR count). The van der Waals surface area contributed by atoms with E-state index in [9.17, 15) is 9.59 Å². The highest BCUT2D eigenvalue weighted by molar-refractivity contribution is 6.06. The van der Waals surface area contributed by atoms with Crippen molar-refractivity contribution in [2.75, 3.05) is 24.1 Å². The number of hydrogen-bond donors (Lipinski definition) is 2. The number of nitrogens with two attached hydrogens (primary N) is 1. The van der Waals surface area contributed by atoms with E-state index in [4.69, 9.17) is 5.73 Å². The number of nitrogens with zero attached hydrogens (tertiary/aromatic N) is 1. The summed E-state index contributed by atoms with van der Waals surface area (Å²) in [4.78, 5) is 26.4. The fourth-order valence-corrected chi connectivity index (χ4v) is 2.67. The van der Waals surface area contributed by atoms with Crippen molar-refractivity contribution < 1.29 is 9.59 Å². The number of hydrogen-bond acceptors (Lipinski definition) is 3. The van der Waals surface area contributed by atoms with Gasteiger partial charge in [0.25, 0.3) is 11.8 Å². The van der Waals surface area contributed by atoms with Gasteiger partial charge in [0.15, 0.2) is 0 Å². The van der Waals surface area contributed by atoms with Crippen molar-refractivity contribution in [3.63, 3.8) is 0 Å². The van der Waals surface area contributed by atoms with Gasteiger partial charge in [0.2, 0.25) is 0 Å². The number of para-hydroxylation sites is 2. The highest BCUT2D eigenvalue weighted by atomic mass is 16.2. The highest BCUT2D eigenvalue weighted by Crippen LogP contribution is 2.18. The molecule has 1 saturated heterocycles. The lowest BCUT2D eigenvalue weighted by atomic mass is 10.1. The molecule has 1 heterocycles. The van der Waals surface area contributed by atoms with Crippen LogP contribution in [-0.4, -0.2) is 29.8 Å². The molecule has 0 bridgehead atoms. The van der Waals surface area contributed by atoms with E-state index in [1.807, 2.05) is 17.0 Å². The Kier molecular flexibility index (Phi) is 4.28. The third-order valence-corrected chi connectivity index (χ3v) is 4.00. The van der Waals surface area contributed by atoms with Crippen LogP contribution in [0.4, 0.5) is 11.4 Å². The molecule has 1 aliphatic heterocycles. The van der Waals surface area contributed by atoms with Gasteiger partial charge in [-0.25, -0.2) is 0 Å². The Morgan fingerprint density at radius 2 is 1.52 bits per heavy atom. The van der Waals surface area contributed by atoms with Crippen molar-refractivity contribution >= 4 is 23.2 Å². The number of carbonyl (C=O) groups excluding carboxylic acids is 2. The van der Waals surface area contributed by atoms with Gasteiger partial charge in [-0.05, 0) is 49.2 Å². The van der Waals surface area contributed by atoms with Gasteiger partial charge in [-0.2, -0.15) is 0 Å². The van der Waals surface area contributed by atoms with E-state index >= 15 is 0 Å². The second-order valence-corrected chi connectivity index (χ2v) is 5.62. The third kappa shape index (κ3) is 3.34. The zero-order valence-electron chi connectivity index (χ0n) is 12.8. The molecule has 0 unspecified atom stereocenters. The predicted octanol–water partition coefficient (Wildman–Crippen LogP) is 2.76. The molecular weight excluding hydrogens is 290 g/mol. The van der Waals surface area contributed by atoms with Gasteiger partial charge in [0.05, 0.1) is 11.4 Å². The summed E-state index contributed by atoms with van der Waals surface area (Å²) in [7, 11) is 0. The Morgan fingerprint density at radius 3 is 2.17 bits per heavy atom. The van der Waals surface area contributed by atoms with Crippen LogP contribution in [0.3, 0.4) is 0 Å². The number of amides is 2. The molecular formula is C18H19N3O2. The largest absolute Gasteiger partial charge is 0.397 e. The van der Waals surface area contributed by atoms with Crippen molar-refractivity contribution in [1.29, 1.82) is 0 Å². The van der Waals surface area contributed by atoms with Crippen molar-refractivity contribution in [3.8, 4) is 0 Å². The lowest BCUT2D eigenvalue weighted by Gasteiger charge is -2.15. The standard InChI is InChI=1S/C18H19N3O2/c19-15-5-1-2-6-16(15)20-17(22)13-7-9-14(10-8-13)18(23)21-11-3-4-12-21/h1-2,5-10H,3-4,11-12,19H2,(H,20,22). The molecule has 0 radical (unpaired) electrons. The number of anilines is 2. The Labute approximate surface area is 135 Å². The minimum Gasteiger partial charge on any atom is -0.397 e. The quantitative estimate of drug-likeness (QED) is 0.856. The fraction of sp³-hybridized carbons (Fsp3) is 0.222. The summed E-state index contributed by atoms with van der Waals surface area (Å²) < 4.78 is 0. The number of nitrogen functional groups attached to an aromatic ring is 1. The van der Waals surface area contributed by atoms with Gasteiger partial charge in [-0.3, -0.25) is 9.59 Å². The van der Waals surface area contributed by atoms with Crippen LogP contribution in [0.5, 0.6) is 0 Å². The zero-order chi connectivity index (χ0) is 16.2. The van der Waals surface area contributed by atoms with Gasteiger partial charge >= 0.3 is 0 Å². The number of rotatable bonds is 3. The maximum atomic E-state index is 12.3. The molecule has 23 heavy (non-hydrogen) atoms. The Bertz CT molecular complexity index is 719. The second-order valence-electron chi connectivity index (χ2n) is 5.62. The molecule has 3 N–H and O–H groups in total. The SMILES string of the molecule is Nc1ccccc1NC(=O)c1ccc(C(=O)N2CCCC2)cc1. The maximum Gasteiger partial charge on any atom is 0.255 e.